The molecule has 3 N–H and O–H groups in total. The number of nitrogens with one attached hydrogen (secondary N) is 3. The van der Waals surface area contributed by atoms with Crippen LogP contribution in [0.1, 0.15) is 17.3 Å². The minimum Gasteiger partial charge on any atom is -0.497 e. The van der Waals surface area contributed by atoms with Crippen LogP contribution in [0.3, 0.4) is 0 Å². The second kappa shape index (κ2) is 12.2. The minimum absolute atomic E-state index is 0.0783. The largest absolute Gasteiger partial charge is 0.497 e. The first-order valence-corrected chi connectivity index (χ1v) is 9.73. The van der Waals surface area contributed by atoms with E-state index in [1.54, 1.807) is 45.5 Å². The minimum atomic E-state index is -0.136. The first kappa shape index (κ1) is 22.9. The third-order valence-electron chi connectivity index (χ3n) is 4.21. The Morgan fingerprint density at radius 2 is 1.60 bits per heavy atom. The molecular formula is C22H30N4O4. The van der Waals surface area contributed by atoms with Crippen LogP contribution in [-0.2, 0) is 0 Å². The van der Waals surface area contributed by atoms with Crippen molar-refractivity contribution in [1.82, 2.24) is 16.0 Å². The van der Waals surface area contributed by atoms with Gasteiger partial charge in [0.2, 0.25) is 0 Å². The van der Waals surface area contributed by atoms with Gasteiger partial charge in [0.15, 0.2) is 5.96 Å². The van der Waals surface area contributed by atoms with Crippen molar-refractivity contribution in [3.8, 4) is 17.2 Å². The molecule has 8 nitrogen and oxygen atoms in total. The van der Waals surface area contributed by atoms with Crippen LogP contribution in [0.2, 0.25) is 0 Å². The molecule has 30 heavy (non-hydrogen) atoms. The van der Waals surface area contributed by atoms with Crippen molar-refractivity contribution in [2.45, 2.75) is 13.0 Å². The monoisotopic (exact) mass is 414 g/mol. The maximum Gasteiger partial charge on any atom is 0.251 e. The van der Waals surface area contributed by atoms with Crippen LogP contribution in [0.25, 0.3) is 0 Å². The lowest BCUT2D eigenvalue weighted by molar-refractivity contribution is 0.0954. The number of guanidine groups is 1. The van der Waals surface area contributed by atoms with Gasteiger partial charge in [-0.3, -0.25) is 9.79 Å². The molecule has 2 aromatic carbocycles. The van der Waals surface area contributed by atoms with Crippen molar-refractivity contribution < 1.29 is 19.0 Å². The van der Waals surface area contributed by atoms with Crippen LogP contribution >= 0.6 is 0 Å². The van der Waals surface area contributed by atoms with Crippen LogP contribution < -0.4 is 30.2 Å². The Morgan fingerprint density at radius 3 is 2.27 bits per heavy atom. The van der Waals surface area contributed by atoms with Crippen LogP contribution in [0.15, 0.2) is 53.5 Å². The Balaban J connectivity index is 1.68. The predicted molar refractivity (Wildman–Crippen MR) is 118 cm³/mol. The lowest BCUT2D eigenvalue weighted by Gasteiger charge is -2.18. The molecule has 0 saturated carbocycles. The molecule has 0 aliphatic heterocycles. The number of rotatable bonds is 10. The van der Waals surface area contributed by atoms with Crippen molar-refractivity contribution in [2.75, 3.05) is 40.9 Å². The molecule has 2 rings (SSSR count). The number of ether oxygens (including phenoxy) is 3. The predicted octanol–water partition coefficient (Wildman–Crippen LogP) is 2.07. The van der Waals surface area contributed by atoms with Crippen molar-refractivity contribution in [1.29, 1.82) is 0 Å². The molecule has 0 aromatic heterocycles. The summed E-state index contributed by atoms with van der Waals surface area (Å²) in [5.41, 5.74) is 0.585. The Bertz CT molecular complexity index is 824. The van der Waals surface area contributed by atoms with Gasteiger partial charge in [-0.15, -0.1) is 0 Å². The van der Waals surface area contributed by atoms with Gasteiger partial charge in [0, 0.05) is 31.8 Å². The average Bonchev–Trinajstić information content (AvgIpc) is 2.78. The molecule has 0 aliphatic rings. The molecule has 162 valence electrons. The zero-order valence-electron chi connectivity index (χ0n) is 17.9. The van der Waals surface area contributed by atoms with E-state index in [1.807, 2.05) is 31.2 Å². The number of benzene rings is 2. The quantitative estimate of drug-likeness (QED) is 0.313. The number of hydrogen-bond donors (Lipinski definition) is 3. The van der Waals surface area contributed by atoms with E-state index in [0.717, 1.165) is 11.5 Å². The second-order valence-electron chi connectivity index (χ2n) is 6.47. The maximum atomic E-state index is 12.1. The number of carbonyl (C=O) groups excluding carboxylic acids is 1. The molecule has 2 aromatic rings. The van der Waals surface area contributed by atoms with Gasteiger partial charge in [-0.25, -0.2) is 0 Å². The van der Waals surface area contributed by atoms with Gasteiger partial charge >= 0.3 is 0 Å². The highest BCUT2D eigenvalue weighted by Gasteiger charge is 2.08. The van der Waals surface area contributed by atoms with Gasteiger partial charge in [-0.2, -0.15) is 0 Å². The van der Waals surface area contributed by atoms with Crippen LogP contribution in [0.5, 0.6) is 17.2 Å². The summed E-state index contributed by atoms with van der Waals surface area (Å²) in [6.45, 7) is 3.53. The maximum absolute atomic E-state index is 12.1. The molecule has 0 bridgehead atoms. The second-order valence-corrected chi connectivity index (χ2v) is 6.47. The fourth-order valence-corrected chi connectivity index (χ4v) is 2.61. The molecule has 1 atom stereocenters. The van der Waals surface area contributed by atoms with Crippen molar-refractivity contribution in [3.63, 3.8) is 0 Å². The number of hydrogen-bond acceptors (Lipinski definition) is 5. The van der Waals surface area contributed by atoms with Gasteiger partial charge in [-0.05, 0) is 43.3 Å². The van der Waals surface area contributed by atoms with Gasteiger partial charge in [-0.1, -0.05) is 6.07 Å². The van der Waals surface area contributed by atoms with Crippen molar-refractivity contribution in [3.05, 3.63) is 54.1 Å². The Labute approximate surface area is 177 Å². The smallest absolute Gasteiger partial charge is 0.251 e. The third kappa shape index (κ3) is 7.54. The van der Waals surface area contributed by atoms with Gasteiger partial charge in [0.05, 0.1) is 20.8 Å². The normalized spacial score (nSPS) is 11.9. The third-order valence-corrected chi connectivity index (χ3v) is 4.21. The molecule has 8 heteroatoms. The Morgan fingerprint density at radius 1 is 0.933 bits per heavy atom. The van der Waals surface area contributed by atoms with E-state index < -0.39 is 0 Å². The molecule has 0 aliphatic carbocycles. The fraction of sp³-hybridized carbons (Fsp3) is 0.364. The van der Waals surface area contributed by atoms with E-state index in [4.69, 9.17) is 14.2 Å². The number of aliphatic imine (C=N–C) groups is 1. The summed E-state index contributed by atoms with van der Waals surface area (Å²) in [5, 5.41) is 9.23. The SMILES string of the molecule is CN=C(NCCNC(=O)c1ccc(OC)cc1)NCC(C)Oc1cccc(OC)c1. The zero-order chi connectivity index (χ0) is 21.8. The van der Waals surface area contributed by atoms with E-state index in [1.165, 1.54) is 0 Å². The van der Waals surface area contributed by atoms with E-state index in [9.17, 15) is 4.79 Å². The molecule has 1 unspecified atom stereocenters. The molecule has 0 radical (unpaired) electrons. The van der Waals surface area contributed by atoms with Crippen LogP contribution in [-0.4, -0.2) is 58.9 Å². The summed E-state index contributed by atoms with van der Waals surface area (Å²) in [6, 6.07) is 14.5. The highest BCUT2D eigenvalue weighted by atomic mass is 16.5. The highest BCUT2D eigenvalue weighted by molar-refractivity contribution is 5.94. The average molecular weight is 415 g/mol. The molecule has 1 amide bonds. The molecule has 0 saturated heterocycles. The van der Waals surface area contributed by atoms with E-state index >= 15 is 0 Å². The first-order valence-electron chi connectivity index (χ1n) is 9.73. The van der Waals surface area contributed by atoms with Crippen LogP contribution in [0, 0.1) is 0 Å². The van der Waals surface area contributed by atoms with E-state index in [0.29, 0.717) is 36.9 Å². The van der Waals surface area contributed by atoms with Crippen LogP contribution in [0.4, 0.5) is 0 Å². The number of amides is 1. The lowest BCUT2D eigenvalue weighted by atomic mass is 10.2. The number of nitrogens with zero attached hydrogens (tertiary/aromatic N) is 1. The van der Waals surface area contributed by atoms with Gasteiger partial charge < -0.3 is 30.2 Å². The summed E-state index contributed by atoms with van der Waals surface area (Å²) in [6.07, 6.45) is -0.0783. The summed E-state index contributed by atoms with van der Waals surface area (Å²) < 4.78 is 16.2. The highest BCUT2D eigenvalue weighted by Crippen LogP contribution is 2.19. The van der Waals surface area contributed by atoms with Crippen molar-refractivity contribution >= 4 is 11.9 Å². The first-order chi connectivity index (χ1) is 14.5. The molecular weight excluding hydrogens is 384 g/mol. The summed E-state index contributed by atoms with van der Waals surface area (Å²) in [5.74, 6) is 2.71. The Hall–Kier alpha value is -3.42. The lowest BCUT2D eigenvalue weighted by Crippen LogP contribution is -2.44. The van der Waals surface area contributed by atoms with E-state index in [2.05, 4.69) is 20.9 Å². The van der Waals surface area contributed by atoms with Crippen molar-refractivity contribution in [2.24, 2.45) is 4.99 Å². The van der Waals surface area contributed by atoms with Gasteiger partial charge in [0.1, 0.15) is 23.4 Å². The standard InChI is InChI=1S/C22H30N4O4/c1-16(30-20-7-5-6-19(14-20)29-4)15-26-22(23-2)25-13-12-24-21(27)17-8-10-18(28-3)11-9-17/h5-11,14,16H,12-13,15H2,1-4H3,(H,24,27)(H2,23,25,26). The molecule has 0 heterocycles. The topological polar surface area (TPSA) is 93.2 Å². The molecule has 0 spiro atoms. The number of carbonyl (C=O) groups is 1. The summed E-state index contributed by atoms with van der Waals surface area (Å²) >= 11 is 0. The fourth-order valence-electron chi connectivity index (χ4n) is 2.61. The number of methoxy groups -OCH3 is 2. The zero-order valence-corrected chi connectivity index (χ0v) is 17.9. The summed E-state index contributed by atoms with van der Waals surface area (Å²) in [4.78, 5) is 16.3. The molecule has 0 fully saturated rings. The Kier molecular flexibility index (Phi) is 9.30. The summed E-state index contributed by atoms with van der Waals surface area (Å²) in [7, 11) is 4.91. The van der Waals surface area contributed by atoms with Gasteiger partial charge in [0.25, 0.3) is 5.91 Å². The van der Waals surface area contributed by atoms with E-state index in [-0.39, 0.29) is 12.0 Å².